The molecule has 2 aromatic carbocycles. The van der Waals surface area contributed by atoms with Gasteiger partial charge in [0.25, 0.3) is 0 Å². The first-order chi connectivity index (χ1) is 11.4. The molecule has 2 N–H and O–H groups in total. The normalized spacial score (nSPS) is 13.2. The maximum atomic E-state index is 14.1. The van der Waals surface area contributed by atoms with Gasteiger partial charge in [-0.2, -0.15) is 0 Å². The first kappa shape index (κ1) is 16.6. The lowest BCUT2D eigenvalue weighted by molar-refractivity contribution is -0.117. The highest BCUT2D eigenvalue weighted by Crippen LogP contribution is 2.28. The molecule has 0 bridgehead atoms. The summed E-state index contributed by atoms with van der Waals surface area (Å²) in [5.41, 5.74) is 1.88. The summed E-state index contributed by atoms with van der Waals surface area (Å²) in [4.78, 5) is 23.4. The van der Waals surface area contributed by atoms with Crippen molar-refractivity contribution < 1.29 is 18.4 Å². The van der Waals surface area contributed by atoms with Gasteiger partial charge in [0.05, 0.1) is 16.6 Å². The molecule has 4 nitrogen and oxygen atoms in total. The Balaban J connectivity index is 1.74. The van der Waals surface area contributed by atoms with E-state index in [2.05, 4.69) is 26.6 Å². The van der Waals surface area contributed by atoms with Crippen LogP contribution < -0.4 is 10.6 Å². The van der Waals surface area contributed by atoms with E-state index >= 15 is 0 Å². The topological polar surface area (TPSA) is 58.2 Å². The van der Waals surface area contributed by atoms with Gasteiger partial charge in [-0.3, -0.25) is 9.59 Å². The molecule has 1 aliphatic heterocycles. The Labute approximate surface area is 145 Å². The van der Waals surface area contributed by atoms with E-state index in [9.17, 15) is 18.4 Å². The van der Waals surface area contributed by atoms with Gasteiger partial charge in [-0.1, -0.05) is 6.07 Å². The van der Waals surface area contributed by atoms with Gasteiger partial charge in [0.15, 0.2) is 0 Å². The van der Waals surface area contributed by atoms with Crippen LogP contribution in [0, 0.1) is 11.6 Å². The largest absolute Gasteiger partial charge is 0.326 e. The number of amides is 2. The maximum Gasteiger partial charge on any atom is 0.228 e. The molecular weight excluding hydrogens is 382 g/mol. The Bertz CT molecular complexity index is 840. The van der Waals surface area contributed by atoms with Gasteiger partial charge in [0, 0.05) is 12.1 Å². The molecule has 7 heteroatoms. The van der Waals surface area contributed by atoms with E-state index in [1.807, 2.05) is 0 Å². The Morgan fingerprint density at radius 3 is 2.71 bits per heavy atom. The number of hydrogen-bond acceptors (Lipinski definition) is 2. The van der Waals surface area contributed by atoms with Gasteiger partial charge in [-0.15, -0.1) is 0 Å². The Morgan fingerprint density at radius 1 is 1.17 bits per heavy atom. The predicted octanol–water partition coefficient (Wildman–Crippen LogP) is 3.79. The number of anilines is 2. The van der Waals surface area contributed by atoms with Gasteiger partial charge in [-0.05, 0) is 57.7 Å². The second-order valence-electron chi connectivity index (χ2n) is 5.51. The summed E-state index contributed by atoms with van der Waals surface area (Å²) in [5, 5.41) is 5.12. The lowest BCUT2D eigenvalue weighted by Gasteiger charge is -2.18. The van der Waals surface area contributed by atoms with E-state index in [1.165, 1.54) is 30.3 Å². The van der Waals surface area contributed by atoms with E-state index in [0.29, 0.717) is 24.1 Å². The van der Waals surface area contributed by atoms with Crippen LogP contribution in [0.25, 0.3) is 0 Å². The van der Waals surface area contributed by atoms with Crippen LogP contribution in [-0.4, -0.2) is 11.8 Å². The highest BCUT2D eigenvalue weighted by molar-refractivity contribution is 9.10. The summed E-state index contributed by atoms with van der Waals surface area (Å²) in [6.45, 7) is 0. The molecule has 0 atom stereocenters. The summed E-state index contributed by atoms with van der Waals surface area (Å²) >= 11 is 3.06. The van der Waals surface area contributed by atoms with Crippen LogP contribution in [0.5, 0.6) is 0 Å². The summed E-state index contributed by atoms with van der Waals surface area (Å²) in [6.07, 6.45) is 0.816. The average Bonchev–Trinajstić information content (AvgIpc) is 2.52. The average molecular weight is 395 g/mol. The van der Waals surface area contributed by atoms with E-state index in [1.54, 1.807) is 0 Å². The highest BCUT2D eigenvalue weighted by Gasteiger charge is 2.18. The molecule has 0 radical (unpaired) electrons. The van der Waals surface area contributed by atoms with Crippen LogP contribution in [-0.2, 0) is 22.4 Å². The highest BCUT2D eigenvalue weighted by atomic mass is 79.9. The summed E-state index contributed by atoms with van der Waals surface area (Å²) < 4.78 is 27.6. The molecule has 1 aliphatic rings. The quantitative estimate of drug-likeness (QED) is 0.831. The zero-order chi connectivity index (χ0) is 17.3. The van der Waals surface area contributed by atoms with E-state index in [-0.39, 0.29) is 22.5 Å². The molecule has 2 aromatic rings. The lowest BCUT2D eigenvalue weighted by Crippen LogP contribution is -2.20. The molecule has 24 heavy (non-hydrogen) atoms. The van der Waals surface area contributed by atoms with Crippen molar-refractivity contribution in [3.8, 4) is 0 Å². The van der Waals surface area contributed by atoms with Crippen molar-refractivity contribution in [2.45, 2.75) is 19.3 Å². The number of hydrogen-bond donors (Lipinski definition) is 2. The molecule has 124 valence electrons. The molecule has 1 heterocycles. The fraction of sp³-hybridized carbons (Fsp3) is 0.176. The zero-order valence-corrected chi connectivity index (χ0v) is 14.0. The van der Waals surface area contributed by atoms with Crippen molar-refractivity contribution in [2.75, 3.05) is 10.6 Å². The van der Waals surface area contributed by atoms with Gasteiger partial charge in [-0.25, -0.2) is 8.78 Å². The fourth-order valence-corrected chi connectivity index (χ4v) is 2.95. The van der Waals surface area contributed by atoms with Crippen LogP contribution in [0.4, 0.5) is 20.2 Å². The zero-order valence-electron chi connectivity index (χ0n) is 12.5. The number of aryl methyl sites for hydroxylation is 1. The monoisotopic (exact) mass is 394 g/mol. The van der Waals surface area contributed by atoms with Crippen LogP contribution in [0.2, 0.25) is 0 Å². The summed E-state index contributed by atoms with van der Waals surface area (Å²) in [5.74, 6) is -1.60. The standard InChI is InChI=1S/C17H13BrF2N2O2/c18-11-5-9(1-3-12(11)19)6-17(24)22-15-7-10-2-4-16(23)21-14(10)8-13(15)20/h1,3,5,7-8H,2,4,6H2,(H,21,23)(H,22,24). The Kier molecular flexibility index (Phi) is 4.62. The van der Waals surface area contributed by atoms with Gasteiger partial charge < -0.3 is 10.6 Å². The number of carbonyl (C=O) groups is 2. The van der Waals surface area contributed by atoms with Crippen molar-refractivity contribution in [1.82, 2.24) is 0 Å². The molecule has 0 aromatic heterocycles. The molecule has 0 saturated carbocycles. The number of benzene rings is 2. The smallest absolute Gasteiger partial charge is 0.228 e. The fourth-order valence-electron chi connectivity index (χ4n) is 2.53. The third-order valence-electron chi connectivity index (χ3n) is 3.71. The SMILES string of the molecule is O=C(Cc1ccc(F)c(Br)c1)Nc1cc2c(cc1F)NC(=O)CC2. The minimum atomic E-state index is -0.621. The third kappa shape index (κ3) is 3.62. The van der Waals surface area contributed by atoms with E-state index in [0.717, 1.165) is 5.56 Å². The molecule has 2 amide bonds. The minimum Gasteiger partial charge on any atom is -0.326 e. The predicted molar refractivity (Wildman–Crippen MR) is 89.8 cm³/mol. The Hall–Kier alpha value is -2.28. The van der Waals surface area contributed by atoms with Crippen LogP contribution in [0.15, 0.2) is 34.8 Å². The molecule has 0 aliphatic carbocycles. The van der Waals surface area contributed by atoms with Crippen molar-refractivity contribution in [3.05, 3.63) is 57.6 Å². The van der Waals surface area contributed by atoms with E-state index < -0.39 is 17.5 Å². The summed E-state index contributed by atoms with van der Waals surface area (Å²) in [6, 6.07) is 7.00. The second-order valence-corrected chi connectivity index (χ2v) is 6.37. The summed E-state index contributed by atoms with van der Waals surface area (Å²) in [7, 11) is 0. The van der Waals surface area contributed by atoms with Crippen LogP contribution in [0.1, 0.15) is 17.5 Å². The maximum absolute atomic E-state index is 14.1. The lowest BCUT2D eigenvalue weighted by atomic mass is 10.0. The molecule has 0 saturated heterocycles. The second kappa shape index (κ2) is 6.68. The van der Waals surface area contributed by atoms with E-state index in [4.69, 9.17) is 0 Å². The van der Waals surface area contributed by atoms with Crippen LogP contribution in [0.3, 0.4) is 0 Å². The van der Waals surface area contributed by atoms with Crippen molar-refractivity contribution in [1.29, 1.82) is 0 Å². The minimum absolute atomic E-state index is 0.00780. The van der Waals surface area contributed by atoms with Gasteiger partial charge >= 0.3 is 0 Å². The number of halogens is 3. The third-order valence-corrected chi connectivity index (χ3v) is 4.32. The molecule has 0 unspecified atom stereocenters. The first-order valence-electron chi connectivity index (χ1n) is 7.28. The number of carbonyl (C=O) groups excluding carboxylic acids is 2. The van der Waals surface area contributed by atoms with Crippen molar-refractivity contribution in [3.63, 3.8) is 0 Å². The Morgan fingerprint density at radius 2 is 1.96 bits per heavy atom. The molecule has 0 fully saturated rings. The number of fused-ring (bicyclic) bond motifs is 1. The number of nitrogens with one attached hydrogen (secondary N) is 2. The van der Waals surface area contributed by atoms with Gasteiger partial charge in [0.2, 0.25) is 11.8 Å². The molecule has 0 spiro atoms. The molecule has 3 rings (SSSR count). The molecular formula is C17H13BrF2N2O2. The number of rotatable bonds is 3. The van der Waals surface area contributed by atoms with Crippen molar-refractivity contribution in [2.24, 2.45) is 0 Å². The van der Waals surface area contributed by atoms with Gasteiger partial charge in [0.1, 0.15) is 11.6 Å². The van der Waals surface area contributed by atoms with Crippen molar-refractivity contribution >= 4 is 39.1 Å². The first-order valence-corrected chi connectivity index (χ1v) is 8.08. The van der Waals surface area contributed by atoms with Crippen LogP contribution >= 0.6 is 15.9 Å².